The van der Waals surface area contributed by atoms with E-state index in [0.29, 0.717) is 11.6 Å². The van der Waals surface area contributed by atoms with E-state index in [1.807, 2.05) is 36.4 Å². The van der Waals surface area contributed by atoms with Crippen molar-refractivity contribution in [2.75, 3.05) is 0 Å². The lowest BCUT2D eigenvalue weighted by atomic mass is 10.1. The Kier molecular flexibility index (Phi) is 8.06. The number of nitrogens with zero attached hydrogens (tertiary/aromatic N) is 5. The molecule has 5 heteroatoms. The second-order valence-corrected chi connectivity index (χ2v) is 12.8. The second kappa shape index (κ2) is 13.5. The van der Waals surface area contributed by atoms with Crippen molar-refractivity contribution >= 4 is 62.0 Å². The summed E-state index contributed by atoms with van der Waals surface area (Å²) < 4.78 is 4.52. The second-order valence-electron chi connectivity index (χ2n) is 12.8. The predicted octanol–water partition coefficient (Wildman–Crippen LogP) is 11.9. The molecule has 5 nitrogen and oxygen atoms in total. The molecule has 0 bridgehead atoms. The maximum absolute atomic E-state index is 5.20. The van der Waals surface area contributed by atoms with E-state index in [9.17, 15) is 0 Å². The first-order chi connectivity index (χ1) is 25.8. The number of fused-ring (bicyclic) bond motifs is 5. The summed E-state index contributed by atoms with van der Waals surface area (Å²) in [6.07, 6.45) is 14.6. The van der Waals surface area contributed by atoms with Crippen LogP contribution in [0.15, 0.2) is 164 Å². The maximum Gasteiger partial charge on any atom is 0.237 e. The fourth-order valence-corrected chi connectivity index (χ4v) is 7.24. The highest BCUT2D eigenvalue weighted by Gasteiger charge is 2.18. The molecule has 0 fully saturated rings. The lowest BCUT2D eigenvalue weighted by molar-refractivity contribution is 1.00. The molecule has 0 saturated heterocycles. The zero-order valence-corrected chi connectivity index (χ0v) is 28.6. The molecule has 0 atom stereocenters. The minimum atomic E-state index is 0.598. The van der Waals surface area contributed by atoms with E-state index >= 15 is 0 Å². The lowest BCUT2D eigenvalue weighted by Gasteiger charge is -2.11. The van der Waals surface area contributed by atoms with Crippen LogP contribution in [0.4, 0.5) is 0 Å². The zero-order valence-electron chi connectivity index (χ0n) is 28.6. The molecule has 0 unspecified atom stereocenters. The summed E-state index contributed by atoms with van der Waals surface area (Å²) in [6.45, 7) is 3.91. The molecule has 0 aliphatic heterocycles. The van der Waals surface area contributed by atoms with Crippen molar-refractivity contribution in [3.8, 4) is 22.9 Å². The minimum Gasteiger partial charge on any atom is -0.309 e. The van der Waals surface area contributed by atoms with Crippen LogP contribution in [0, 0.1) is 0 Å². The standard InChI is InChI=1S/C47H35N5/c1-2-3-4-11-24-42-38(36-21-12-14-25-41(36)51(42)35-19-9-6-10-20-35)29-27-33-28-30-44-40(32-33)37-22-13-15-26-43(37)52(44)47-49-45(34-17-7-5-8-18-34)39-23-16-31-48-46(39)50-47/h2,5-32H,1,3-4H2/b24-11+,29-27+. The van der Waals surface area contributed by atoms with E-state index < -0.39 is 0 Å². The topological polar surface area (TPSA) is 48.5 Å². The van der Waals surface area contributed by atoms with E-state index in [1.165, 1.54) is 16.5 Å². The third kappa shape index (κ3) is 5.49. The van der Waals surface area contributed by atoms with E-state index in [0.717, 1.165) is 68.2 Å². The summed E-state index contributed by atoms with van der Waals surface area (Å²) in [5, 5.41) is 4.42. The molecule has 248 valence electrons. The molecule has 0 N–H and O–H groups in total. The minimum absolute atomic E-state index is 0.598. The Labute approximate surface area is 302 Å². The summed E-state index contributed by atoms with van der Waals surface area (Å²) >= 11 is 0. The molecule has 52 heavy (non-hydrogen) atoms. The largest absolute Gasteiger partial charge is 0.309 e. The fraction of sp³-hybridized carbons (Fsp3) is 0.0426. The van der Waals surface area contributed by atoms with Crippen LogP contribution >= 0.6 is 0 Å². The lowest BCUT2D eigenvalue weighted by Crippen LogP contribution is -2.04. The SMILES string of the molecule is C=CCC/C=C/c1c(/C=C/c2ccc3c(c2)c2ccccc2n3-c2nc(-c3ccccc3)c3cccnc3n2)c2ccccc2n1-c1ccccc1. The van der Waals surface area contributed by atoms with Crippen LogP contribution in [-0.4, -0.2) is 24.1 Å². The number of allylic oxidation sites excluding steroid dienone is 2. The van der Waals surface area contributed by atoms with Gasteiger partial charge in [-0.05, 0) is 73.0 Å². The number of benzene rings is 5. The Balaban J connectivity index is 1.20. The van der Waals surface area contributed by atoms with E-state index in [1.54, 1.807) is 6.20 Å². The molecule has 0 spiro atoms. The third-order valence-electron chi connectivity index (χ3n) is 9.63. The Bertz CT molecular complexity index is 2800. The van der Waals surface area contributed by atoms with E-state index in [2.05, 4.69) is 154 Å². The van der Waals surface area contributed by atoms with Crippen molar-refractivity contribution in [2.24, 2.45) is 0 Å². The quantitative estimate of drug-likeness (QED) is 0.113. The normalized spacial score (nSPS) is 11.9. The molecule has 0 saturated carbocycles. The number of pyridine rings is 1. The average molecular weight is 670 g/mol. The van der Waals surface area contributed by atoms with Crippen LogP contribution in [0.1, 0.15) is 29.7 Å². The Hall–Kier alpha value is -6.85. The van der Waals surface area contributed by atoms with Crippen LogP contribution in [0.25, 0.3) is 84.9 Å². The van der Waals surface area contributed by atoms with Crippen molar-refractivity contribution in [3.63, 3.8) is 0 Å². The first kappa shape index (κ1) is 31.2. The summed E-state index contributed by atoms with van der Waals surface area (Å²) in [5.41, 5.74) is 10.4. The van der Waals surface area contributed by atoms with Crippen molar-refractivity contribution in [3.05, 3.63) is 181 Å². The van der Waals surface area contributed by atoms with Gasteiger partial charge in [-0.15, -0.1) is 6.58 Å². The predicted molar refractivity (Wildman–Crippen MR) is 218 cm³/mol. The average Bonchev–Trinajstić information content (AvgIpc) is 3.71. The highest BCUT2D eigenvalue weighted by Crippen LogP contribution is 2.36. The Morgan fingerprint density at radius 3 is 2.06 bits per heavy atom. The smallest absolute Gasteiger partial charge is 0.237 e. The van der Waals surface area contributed by atoms with Crippen molar-refractivity contribution in [2.45, 2.75) is 12.8 Å². The van der Waals surface area contributed by atoms with Gasteiger partial charge in [0.15, 0.2) is 5.65 Å². The number of para-hydroxylation sites is 3. The maximum atomic E-state index is 5.20. The van der Waals surface area contributed by atoms with E-state index in [-0.39, 0.29) is 0 Å². The van der Waals surface area contributed by atoms with Gasteiger partial charge in [0.05, 0.1) is 27.9 Å². The van der Waals surface area contributed by atoms with Crippen LogP contribution in [0.5, 0.6) is 0 Å². The summed E-state index contributed by atoms with van der Waals surface area (Å²) in [7, 11) is 0. The van der Waals surface area contributed by atoms with Gasteiger partial charge >= 0.3 is 0 Å². The molecule has 0 aliphatic carbocycles. The van der Waals surface area contributed by atoms with Crippen LogP contribution in [0.2, 0.25) is 0 Å². The molecule has 9 aromatic rings. The van der Waals surface area contributed by atoms with Gasteiger partial charge in [-0.2, -0.15) is 4.98 Å². The van der Waals surface area contributed by atoms with Crippen LogP contribution in [0.3, 0.4) is 0 Å². The number of rotatable bonds is 9. The molecule has 5 aromatic carbocycles. The molecular formula is C47H35N5. The van der Waals surface area contributed by atoms with Crippen molar-refractivity contribution in [1.82, 2.24) is 24.1 Å². The number of hydrogen-bond donors (Lipinski definition) is 0. The number of hydrogen-bond acceptors (Lipinski definition) is 3. The first-order valence-electron chi connectivity index (χ1n) is 17.6. The Morgan fingerprint density at radius 2 is 1.25 bits per heavy atom. The monoisotopic (exact) mass is 669 g/mol. The van der Waals surface area contributed by atoms with Crippen LogP contribution < -0.4 is 0 Å². The van der Waals surface area contributed by atoms with Gasteiger partial charge < -0.3 is 4.57 Å². The summed E-state index contributed by atoms with van der Waals surface area (Å²) in [4.78, 5) is 14.9. The van der Waals surface area contributed by atoms with Gasteiger partial charge in [-0.25, -0.2) is 9.97 Å². The molecule has 9 rings (SSSR count). The molecule has 0 radical (unpaired) electrons. The highest BCUT2D eigenvalue weighted by atomic mass is 15.2. The summed E-state index contributed by atoms with van der Waals surface area (Å²) in [6, 6.07) is 48.6. The van der Waals surface area contributed by atoms with Crippen LogP contribution in [-0.2, 0) is 0 Å². The van der Waals surface area contributed by atoms with Crippen molar-refractivity contribution < 1.29 is 0 Å². The van der Waals surface area contributed by atoms with Gasteiger partial charge in [-0.3, -0.25) is 4.57 Å². The van der Waals surface area contributed by atoms with Gasteiger partial charge in [0, 0.05) is 44.6 Å². The van der Waals surface area contributed by atoms with Gasteiger partial charge in [0.2, 0.25) is 5.95 Å². The molecule has 4 heterocycles. The molecular weight excluding hydrogens is 635 g/mol. The zero-order chi connectivity index (χ0) is 34.9. The van der Waals surface area contributed by atoms with Gasteiger partial charge in [0.1, 0.15) is 0 Å². The van der Waals surface area contributed by atoms with Gasteiger partial charge in [0.25, 0.3) is 0 Å². The molecule has 0 aliphatic rings. The third-order valence-corrected chi connectivity index (χ3v) is 9.63. The van der Waals surface area contributed by atoms with E-state index in [4.69, 9.17) is 9.97 Å². The highest BCUT2D eigenvalue weighted by molar-refractivity contribution is 6.10. The molecule has 4 aromatic heterocycles. The summed E-state index contributed by atoms with van der Waals surface area (Å²) in [5.74, 6) is 0.598. The van der Waals surface area contributed by atoms with Gasteiger partial charge in [-0.1, -0.05) is 115 Å². The first-order valence-corrected chi connectivity index (χ1v) is 17.6. The molecule has 0 amide bonds. The number of unbranched alkanes of at least 4 members (excludes halogenated alkanes) is 1. The van der Waals surface area contributed by atoms with Crippen molar-refractivity contribution in [1.29, 1.82) is 0 Å². The Morgan fingerprint density at radius 1 is 0.558 bits per heavy atom. The fourth-order valence-electron chi connectivity index (χ4n) is 7.24. The number of aromatic nitrogens is 5.